The summed E-state index contributed by atoms with van der Waals surface area (Å²) in [6, 6.07) is -0.224. The van der Waals surface area contributed by atoms with Gasteiger partial charge in [0.1, 0.15) is 6.04 Å². The molecule has 0 saturated carbocycles. The van der Waals surface area contributed by atoms with Crippen LogP contribution >= 0.6 is 24.8 Å². The lowest BCUT2D eigenvalue weighted by atomic mass is 10.2. The first-order chi connectivity index (χ1) is 10.7. The van der Waals surface area contributed by atoms with Gasteiger partial charge in [0.15, 0.2) is 0 Å². The van der Waals surface area contributed by atoms with E-state index in [2.05, 4.69) is 15.5 Å². The normalized spacial score (nSPS) is 21.4. The summed E-state index contributed by atoms with van der Waals surface area (Å²) in [4.78, 5) is 28.0. The van der Waals surface area contributed by atoms with Crippen molar-refractivity contribution in [2.45, 2.75) is 6.04 Å². The van der Waals surface area contributed by atoms with Gasteiger partial charge in [-0.15, -0.1) is 24.8 Å². The highest BCUT2D eigenvalue weighted by atomic mass is 35.5. The summed E-state index contributed by atoms with van der Waals surface area (Å²) >= 11 is 0. The zero-order valence-electron chi connectivity index (χ0n) is 14.0. The molecule has 2 aliphatic rings. The van der Waals surface area contributed by atoms with Crippen LogP contribution in [0, 0.1) is 0 Å². The van der Waals surface area contributed by atoms with Gasteiger partial charge in [0.05, 0.1) is 26.4 Å². The molecular formula is C14H28Cl2N4O4. The number of amides is 2. The van der Waals surface area contributed by atoms with E-state index >= 15 is 0 Å². The molecule has 2 saturated heterocycles. The Hall–Kier alpha value is -0.640. The van der Waals surface area contributed by atoms with Crippen LogP contribution in [0.5, 0.6) is 0 Å². The van der Waals surface area contributed by atoms with E-state index < -0.39 is 0 Å². The highest BCUT2D eigenvalue weighted by molar-refractivity contribution is 5.85. The van der Waals surface area contributed by atoms with E-state index in [0.717, 1.165) is 19.6 Å². The molecule has 1 unspecified atom stereocenters. The zero-order chi connectivity index (χ0) is 15.8. The van der Waals surface area contributed by atoms with E-state index in [1.165, 1.54) is 0 Å². The molecule has 0 bridgehead atoms. The van der Waals surface area contributed by atoms with Gasteiger partial charge in [0.25, 0.3) is 0 Å². The zero-order valence-corrected chi connectivity index (χ0v) is 15.6. The Morgan fingerprint density at radius 1 is 1.25 bits per heavy atom. The molecule has 8 nitrogen and oxygen atoms in total. The standard InChI is InChI=1S/C14H26N4O4.2ClH/c1-21-8-2-16-13(19)10-17-4-6-18(7-5-17)14(20)12-11-22-9-3-15-12;;/h12,15H,2-11H2,1H3,(H,16,19);2*1H. The third-order valence-corrected chi connectivity index (χ3v) is 3.90. The SMILES string of the molecule is COCCNC(=O)CN1CCN(C(=O)C2COCCN2)CC1.Cl.Cl. The summed E-state index contributed by atoms with van der Waals surface area (Å²) in [7, 11) is 1.61. The van der Waals surface area contributed by atoms with Crippen LogP contribution in [0.4, 0.5) is 0 Å². The molecule has 0 aromatic carbocycles. The first kappa shape index (κ1) is 23.4. The van der Waals surface area contributed by atoms with Gasteiger partial charge in [-0.05, 0) is 0 Å². The van der Waals surface area contributed by atoms with Gasteiger partial charge in [0.2, 0.25) is 11.8 Å². The smallest absolute Gasteiger partial charge is 0.242 e. The van der Waals surface area contributed by atoms with Gasteiger partial charge in [-0.25, -0.2) is 0 Å². The van der Waals surface area contributed by atoms with Gasteiger partial charge in [0, 0.05) is 46.4 Å². The number of methoxy groups -OCH3 is 1. The van der Waals surface area contributed by atoms with Crippen molar-refractivity contribution in [3.05, 3.63) is 0 Å². The highest BCUT2D eigenvalue weighted by Gasteiger charge is 2.29. The van der Waals surface area contributed by atoms with Crippen molar-refractivity contribution in [2.75, 3.05) is 72.7 Å². The first-order valence-electron chi connectivity index (χ1n) is 7.78. The van der Waals surface area contributed by atoms with E-state index in [-0.39, 0.29) is 42.7 Å². The van der Waals surface area contributed by atoms with Gasteiger partial charge in [-0.1, -0.05) is 0 Å². The van der Waals surface area contributed by atoms with Crippen LogP contribution in [0.25, 0.3) is 0 Å². The van der Waals surface area contributed by atoms with Gasteiger partial charge in [-0.3, -0.25) is 14.5 Å². The largest absolute Gasteiger partial charge is 0.383 e. The van der Waals surface area contributed by atoms with Crippen LogP contribution in [-0.4, -0.2) is 100 Å². The average Bonchev–Trinajstić information content (AvgIpc) is 2.56. The third kappa shape index (κ3) is 7.50. The summed E-state index contributed by atoms with van der Waals surface area (Å²) in [5, 5.41) is 5.99. The van der Waals surface area contributed by atoms with Crippen molar-refractivity contribution in [3.63, 3.8) is 0 Å². The Morgan fingerprint density at radius 3 is 2.54 bits per heavy atom. The molecule has 1 atom stereocenters. The number of hydrogen-bond acceptors (Lipinski definition) is 6. The molecule has 0 aromatic heterocycles. The second-order valence-corrected chi connectivity index (χ2v) is 5.53. The second-order valence-electron chi connectivity index (χ2n) is 5.53. The molecular weight excluding hydrogens is 359 g/mol. The minimum absolute atomic E-state index is 0. The van der Waals surface area contributed by atoms with E-state index in [9.17, 15) is 9.59 Å². The number of carbonyl (C=O) groups excluding carboxylic acids is 2. The summed E-state index contributed by atoms with van der Waals surface area (Å²) in [6.07, 6.45) is 0. The van der Waals surface area contributed by atoms with Crippen molar-refractivity contribution in [2.24, 2.45) is 0 Å². The maximum absolute atomic E-state index is 12.3. The van der Waals surface area contributed by atoms with E-state index in [0.29, 0.717) is 46.0 Å². The Kier molecular flexibility index (Phi) is 12.3. The number of carbonyl (C=O) groups is 2. The maximum atomic E-state index is 12.3. The van der Waals surface area contributed by atoms with Crippen molar-refractivity contribution in [1.82, 2.24) is 20.4 Å². The topological polar surface area (TPSA) is 83.1 Å². The summed E-state index contributed by atoms with van der Waals surface area (Å²) < 4.78 is 10.2. The number of hydrogen-bond donors (Lipinski definition) is 2. The third-order valence-electron chi connectivity index (χ3n) is 3.90. The Balaban J connectivity index is 0.00000264. The van der Waals surface area contributed by atoms with Crippen molar-refractivity contribution >= 4 is 36.6 Å². The number of piperazine rings is 1. The van der Waals surface area contributed by atoms with Gasteiger partial charge >= 0.3 is 0 Å². The lowest BCUT2D eigenvalue weighted by Gasteiger charge is -2.36. The fourth-order valence-electron chi connectivity index (χ4n) is 2.62. The molecule has 0 spiro atoms. The predicted octanol–water partition coefficient (Wildman–Crippen LogP) is -1.27. The molecule has 0 aliphatic carbocycles. The molecule has 2 rings (SSSR count). The molecule has 2 N–H and O–H groups in total. The maximum Gasteiger partial charge on any atom is 0.242 e. The number of morpholine rings is 1. The van der Waals surface area contributed by atoms with Crippen LogP contribution in [-0.2, 0) is 19.1 Å². The second kappa shape index (κ2) is 12.7. The van der Waals surface area contributed by atoms with Gasteiger partial charge in [-0.2, -0.15) is 0 Å². The molecule has 24 heavy (non-hydrogen) atoms. The Bertz CT molecular complexity index is 376. The monoisotopic (exact) mass is 386 g/mol. The van der Waals surface area contributed by atoms with Crippen molar-refractivity contribution < 1.29 is 19.1 Å². The highest BCUT2D eigenvalue weighted by Crippen LogP contribution is 2.06. The number of nitrogens with zero attached hydrogens (tertiary/aromatic N) is 2. The van der Waals surface area contributed by atoms with E-state index in [1.54, 1.807) is 7.11 Å². The van der Waals surface area contributed by atoms with Crippen LogP contribution in [0.2, 0.25) is 0 Å². The van der Waals surface area contributed by atoms with E-state index in [1.807, 2.05) is 4.90 Å². The first-order valence-corrected chi connectivity index (χ1v) is 7.78. The van der Waals surface area contributed by atoms with Crippen molar-refractivity contribution in [1.29, 1.82) is 0 Å². The molecule has 142 valence electrons. The molecule has 0 radical (unpaired) electrons. The lowest BCUT2D eigenvalue weighted by Crippen LogP contribution is -2.57. The Morgan fingerprint density at radius 2 is 1.96 bits per heavy atom. The molecule has 0 aromatic rings. The number of halogens is 2. The lowest BCUT2D eigenvalue weighted by molar-refractivity contribution is -0.138. The molecule has 2 heterocycles. The molecule has 2 amide bonds. The minimum Gasteiger partial charge on any atom is -0.383 e. The fraction of sp³-hybridized carbons (Fsp3) is 0.857. The van der Waals surface area contributed by atoms with Crippen LogP contribution in [0.3, 0.4) is 0 Å². The van der Waals surface area contributed by atoms with Gasteiger partial charge < -0.3 is 25.0 Å². The summed E-state index contributed by atoms with van der Waals surface area (Å²) in [5.74, 6) is 0.100. The Labute approximate surface area is 155 Å². The van der Waals surface area contributed by atoms with E-state index in [4.69, 9.17) is 9.47 Å². The van der Waals surface area contributed by atoms with Crippen LogP contribution < -0.4 is 10.6 Å². The van der Waals surface area contributed by atoms with Crippen molar-refractivity contribution in [3.8, 4) is 0 Å². The molecule has 2 aliphatic heterocycles. The quantitative estimate of drug-likeness (QED) is 0.553. The predicted molar refractivity (Wildman–Crippen MR) is 95.0 cm³/mol. The number of rotatable bonds is 6. The summed E-state index contributed by atoms with van der Waals surface area (Å²) in [6.45, 7) is 6.00. The van der Waals surface area contributed by atoms with Crippen LogP contribution in [0.15, 0.2) is 0 Å². The molecule has 2 fully saturated rings. The molecule has 10 heteroatoms. The van der Waals surface area contributed by atoms with Crippen LogP contribution in [0.1, 0.15) is 0 Å². The summed E-state index contributed by atoms with van der Waals surface area (Å²) in [5.41, 5.74) is 0. The minimum atomic E-state index is -0.224. The number of nitrogens with one attached hydrogen (secondary N) is 2. The fourth-order valence-corrected chi connectivity index (χ4v) is 2.62. The average molecular weight is 387 g/mol. The number of ether oxygens (including phenoxy) is 2.